The van der Waals surface area contributed by atoms with Crippen LogP contribution in [0.2, 0.25) is 20.1 Å². The molecule has 37 nitrogen and oxygen atoms in total. The van der Waals surface area contributed by atoms with Crippen molar-refractivity contribution in [2.75, 3.05) is 124 Å². The van der Waals surface area contributed by atoms with Crippen molar-refractivity contribution in [3.63, 3.8) is 0 Å². The number of sulfonamides is 5. The molecule has 7 aliphatic rings. The van der Waals surface area contributed by atoms with Gasteiger partial charge in [-0.05, 0) is 186 Å². The van der Waals surface area contributed by atoms with E-state index >= 15 is 0 Å². The van der Waals surface area contributed by atoms with E-state index in [9.17, 15) is 97.5 Å². The van der Waals surface area contributed by atoms with E-state index < -0.39 is 80.6 Å². The van der Waals surface area contributed by atoms with Crippen molar-refractivity contribution < 1.29 is 76.2 Å². The number of aryl methyl sites for hydroxylation is 6. The van der Waals surface area contributed by atoms with Gasteiger partial charge >= 0.3 is 0 Å². The molecule has 2 aliphatic carbocycles. The van der Waals surface area contributed by atoms with E-state index in [0.717, 1.165) is 89.2 Å². The van der Waals surface area contributed by atoms with Crippen molar-refractivity contribution in [3.05, 3.63) is 286 Å². The van der Waals surface area contributed by atoms with Crippen molar-refractivity contribution in [1.82, 2.24) is 47.3 Å². The Hall–Kier alpha value is -9.58. The third kappa shape index (κ3) is 29.7. The number of nitrogens with one attached hydrogen (secondary N) is 3. The van der Waals surface area contributed by atoms with Crippen LogP contribution in [0.5, 0.6) is 11.5 Å². The number of rotatable bonds is 27. The Morgan fingerprint density at radius 1 is 0.304 bits per heavy atom. The lowest BCUT2D eigenvalue weighted by Crippen LogP contribution is -2.52. The minimum absolute atomic E-state index is 0.00972. The van der Waals surface area contributed by atoms with Crippen LogP contribution in [0.4, 0.5) is 28.4 Å². The molecule has 10 aromatic carbocycles. The third-order valence-electron chi connectivity index (χ3n) is 25.6. The fourth-order valence-corrected chi connectivity index (χ4v) is 31.5. The minimum Gasteiger partial charge on any atom is -0.456 e. The first kappa shape index (κ1) is 116. The number of nitrogens with zero attached hydrogens (tertiary/aromatic N) is 12. The fourth-order valence-electron chi connectivity index (χ4n) is 17.4. The molecule has 0 radical (unpaired) electrons. The van der Waals surface area contributed by atoms with Crippen molar-refractivity contribution in [2.24, 2.45) is 0 Å². The highest BCUT2D eigenvalue weighted by Gasteiger charge is 2.40. The first-order valence-corrected chi connectivity index (χ1v) is 59.4. The average Bonchev–Trinajstić information content (AvgIpc) is 0.782. The van der Waals surface area contributed by atoms with Gasteiger partial charge in [-0.3, -0.25) is 65.2 Å². The molecule has 5 aliphatic heterocycles. The van der Waals surface area contributed by atoms with E-state index in [4.69, 9.17) is 51.1 Å². The maximum atomic E-state index is 13.7. The largest absolute Gasteiger partial charge is 0.456 e. The molecule has 17 rings (SSSR count). The number of piperazine rings is 5. The molecule has 50 heteroatoms. The Balaban J connectivity index is 0.000000155. The Bertz CT molecular complexity index is 6890. The molecule has 7 fully saturated rings. The predicted molar refractivity (Wildman–Crippen MR) is 572 cm³/mol. The Labute approximate surface area is 897 Å². The number of nitro groups is 5. The predicted octanol–water partition coefficient (Wildman–Crippen LogP) is 19.4. The van der Waals surface area contributed by atoms with E-state index in [1.54, 1.807) is 42.5 Å². The average molecular weight is 2280 g/mol. The van der Waals surface area contributed by atoms with Crippen LogP contribution in [-0.2, 0) is 54.9 Å². The lowest BCUT2D eigenvalue weighted by molar-refractivity contribution is -0.385. The Morgan fingerprint density at radius 2 is 0.601 bits per heavy atom. The number of nitro benzene ring substituents is 5. The van der Waals surface area contributed by atoms with Gasteiger partial charge in [-0.1, -0.05) is 168 Å². The van der Waals surface area contributed by atoms with Gasteiger partial charge in [-0.2, -0.15) is 21.5 Å². The van der Waals surface area contributed by atoms with E-state index in [1.807, 2.05) is 96.1 Å². The summed E-state index contributed by atoms with van der Waals surface area (Å²) >= 11 is 29.1. The van der Waals surface area contributed by atoms with Crippen LogP contribution in [0, 0.1) is 92.1 Å². The number of carbonyl (C=O) groups excluding carboxylic acids is 1. The molecular weight excluding hydrogens is 2170 g/mol. The number of halogens is 4. The maximum absolute atomic E-state index is 13.7. The molecule has 148 heavy (non-hydrogen) atoms. The van der Waals surface area contributed by atoms with Crippen LogP contribution in [0.15, 0.2) is 246 Å². The molecule has 5 saturated heterocycles. The molecule has 2 saturated carbocycles. The maximum Gasteiger partial charge on any atom is 0.271 e. The van der Waals surface area contributed by atoms with Crippen LogP contribution >= 0.6 is 93.5 Å². The molecule has 0 spiro atoms. The van der Waals surface area contributed by atoms with E-state index in [-0.39, 0.29) is 83.2 Å². The van der Waals surface area contributed by atoms with Gasteiger partial charge in [0.05, 0.1) is 41.2 Å². The number of benzene rings is 10. The summed E-state index contributed by atoms with van der Waals surface area (Å²) in [6, 6.07) is 47.7. The first-order valence-electron chi connectivity index (χ1n) is 47.4. The van der Waals surface area contributed by atoms with Crippen LogP contribution in [-0.4, -0.2) is 240 Å². The number of hydrogen-bond donors (Lipinski definition) is 3. The van der Waals surface area contributed by atoms with Gasteiger partial charge in [0.2, 0.25) is 56.0 Å². The summed E-state index contributed by atoms with van der Waals surface area (Å²) in [5.41, 5.74) is 4.65. The lowest BCUT2D eigenvalue weighted by atomic mass is 9.94. The topological polar surface area (TPSA) is 471 Å². The molecule has 792 valence electrons. The van der Waals surface area contributed by atoms with E-state index in [1.165, 1.54) is 172 Å². The molecule has 0 unspecified atom stereocenters. The highest BCUT2D eigenvalue weighted by Crippen LogP contribution is 2.47. The number of amides is 1. The summed E-state index contributed by atoms with van der Waals surface area (Å²) in [4.78, 5) is 73.8. The molecule has 0 aromatic heterocycles. The fraction of sp³-hybridized carbons (Fsp3) is 0.378. The number of non-ortho nitro benzene ring substituents is 5. The van der Waals surface area contributed by atoms with E-state index in [0.29, 0.717) is 167 Å². The van der Waals surface area contributed by atoms with E-state index in [2.05, 4.69) is 25.8 Å². The highest BCUT2D eigenvalue weighted by molar-refractivity contribution is 8.01. The van der Waals surface area contributed by atoms with Gasteiger partial charge in [0, 0.05) is 240 Å². The quantitative estimate of drug-likeness (QED) is 0.0318. The number of carbonyl (C=O) groups is 1. The molecule has 5 heterocycles. The zero-order chi connectivity index (χ0) is 107. The summed E-state index contributed by atoms with van der Waals surface area (Å²) in [7, 11) is -19.7. The first-order chi connectivity index (χ1) is 70.3. The number of hydrogen-bond acceptors (Lipinski definition) is 30. The standard InChI is InChI=1S/C24H31N3O5S.C24H31N3O4S2.C18H21N3O4S2.C16H13Cl2N3O5S2.C16H15Cl2N3O4S2/c2*1-18-8-9-19(2)23(16-18)32-22-11-10-21(27(28)29)17-24(22)33(30,31)26-14-12-25(13-15-26)20-6-4-3-5-7-20;1-13-3-4-14(2)17(11-13)26-16-6-5-15(21(22)23)12-18(16)27(24,25)20-9-7-19-8-10-20;17-10-1-3-12(18)14(7-10)27-13-4-2-11(21(23)24)8-15(13)28(25,26)20-6-5-19-16(22)9-20;17-11-1-3-13(18)15(9-11)26-14-4-2-12(21(22)23)10-16(14)27(24,25)20-7-5-19-6-8-20/h2*8-11,16-17,20H,3-7,12-15H2,1-2H3;3-6,11-12,19H,7-10H2,1-2H3;1-4,7-8H,5-6,9H2,(H,19,22);1-4,9-10,19H,5-8H2. The van der Waals surface area contributed by atoms with Crippen molar-refractivity contribution in [2.45, 2.75) is 181 Å². The van der Waals surface area contributed by atoms with Crippen LogP contribution < -0.4 is 20.7 Å². The molecule has 3 N–H and O–H groups in total. The van der Waals surface area contributed by atoms with Crippen LogP contribution in [0.25, 0.3) is 0 Å². The van der Waals surface area contributed by atoms with Crippen molar-refractivity contribution in [3.8, 4) is 11.5 Å². The summed E-state index contributed by atoms with van der Waals surface area (Å²) < 4.78 is 146. The SMILES string of the molecule is Cc1ccc(C)c(Oc2ccc([N+](=O)[O-])cc2S(=O)(=O)N2CCN(C3CCCCC3)CC2)c1.Cc1ccc(C)c(Sc2ccc([N+](=O)[O-])cc2S(=O)(=O)N2CCN(C3CCCCC3)CC2)c1.Cc1ccc(C)c(Sc2ccc([N+](=O)[O-])cc2S(=O)(=O)N2CCNCC2)c1.O=C1CN(S(=O)(=O)c2cc([N+](=O)[O-])ccc2Sc2cc(Cl)ccc2Cl)CCN1.O=[N+]([O-])c1ccc(Sc2cc(Cl)ccc2Cl)c(S(=O)(=O)N2CCNCC2)c1. The Kier molecular flexibility index (Phi) is 40.4. The summed E-state index contributed by atoms with van der Waals surface area (Å²) in [5, 5.41) is 66.7. The summed E-state index contributed by atoms with van der Waals surface area (Å²) in [5.74, 6) is 0.193. The van der Waals surface area contributed by atoms with Gasteiger partial charge in [0.1, 0.15) is 36.0 Å². The van der Waals surface area contributed by atoms with Crippen LogP contribution in [0.3, 0.4) is 0 Å². The highest BCUT2D eigenvalue weighted by atomic mass is 35.5. The second-order valence-corrected chi connectivity index (χ2v) is 51.4. The molecule has 1 amide bonds. The van der Waals surface area contributed by atoms with Crippen molar-refractivity contribution in [1.29, 1.82) is 0 Å². The minimum atomic E-state index is -4.15. The van der Waals surface area contributed by atoms with Gasteiger partial charge in [0.25, 0.3) is 28.4 Å². The zero-order valence-electron chi connectivity index (χ0n) is 81.5. The molecule has 10 aromatic rings. The third-order valence-corrected chi connectivity index (χ3v) is 41.8. The van der Waals surface area contributed by atoms with Gasteiger partial charge in [-0.15, -0.1) is 0 Å². The van der Waals surface area contributed by atoms with Crippen LogP contribution in [0.1, 0.15) is 97.6 Å². The normalized spacial score (nSPS) is 17.0. The molecule has 0 atom stereocenters. The smallest absolute Gasteiger partial charge is 0.271 e. The zero-order valence-corrected chi connectivity index (χ0v) is 91.9. The monoisotopic (exact) mass is 2280 g/mol. The summed E-state index contributed by atoms with van der Waals surface area (Å²) in [6.07, 6.45) is 12.2. The van der Waals surface area contributed by atoms with Gasteiger partial charge < -0.3 is 20.7 Å². The van der Waals surface area contributed by atoms with Gasteiger partial charge in [-0.25, -0.2) is 42.1 Å². The molecular formula is C98H111Cl4N15O22S9. The number of ether oxygens (including phenoxy) is 1. The lowest BCUT2D eigenvalue weighted by Gasteiger charge is -2.40. The molecule has 0 bridgehead atoms. The second-order valence-electron chi connectivity index (χ2n) is 35.9. The second kappa shape index (κ2) is 51.7. The van der Waals surface area contributed by atoms with Gasteiger partial charge in [0.15, 0.2) is 0 Å². The van der Waals surface area contributed by atoms with Crippen molar-refractivity contribution >= 4 is 178 Å². The Morgan fingerprint density at radius 3 is 0.946 bits per heavy atom. The summed E-state index contributed by atoms with van der Waals surface area (Å²) in [6.45, 7) is 19.3.